The summed E-state index contributed by atoms with van der Waals surface area (Å²) in [4.78, 5) is 38.5. The molecule has 0 aromatic heterocycles. The number of hydrogen-bond acceptors (Lipinski definition) is 4. The lowest BCUT2D eigenvalue weighted by molar-refractivity contribution is -0.121. The van der Waals surface area contributed by atoms with Crippen LogP contribution in [0.5, 0.6) is 0 Å². The molecule has 1 heterocycles. The molecule has 0 saturated carbocycles. The lowest BCUT2D eigenvalue weighted by Gasteiger charge is -2.18. The average molecular weight is 433 g/mol. The molecule has 5 nitrogen and oxygen atoms in total. The number of rotatable bonds is 6. The zero-order chi connectivity index (χ0) is 18.5. The van der Waals surface area contributed by atoms with Gasteiger partial charge in [-0.2, -0.15) is 0 Å². The molecule has 0 bridgehead atoms. The fourth-order valence-electron chi connectivity index (χ4n) is 2.65. The number of anilines is 2. The minimum absolute atomic E-state index is 0.156. The van der Waals surface area contributed by atoms with Gasteiger partial charge in [0.05, 0.1) is 11.4 Å². The van der Waals surface area contributed by atoms with Gasteiger partial charge in [-0.05, 0) is 40.2 Å². The van der Waals surface area contributed by atoms with Crippen LogP contribution in [0.15, 0.2) is 57.9 Å². The maximum absolute atomic E-state index is 12.3. The van der Waals surface area contributed by atoms with E-state index in [4.69, 9.17) is 0 Å². The van der Waals surface area contributed by atoms with Crippen molar-refractivity contribution in [1.29, 1.82) is 0 Å². The van der Waals surface area contributed by atoms with E-state index < -0.39 is 0 Å². The van der Waals surface area contributed by atoms with Crippen molar-refractivity contribution in [2.45, 2.75) is 24.2 Å². The van der Waals surface area contributed by atoms with E-state index in [1.807, 2.05) is 24.3 Å². The quantitative estimate of drug-likeness (QED) is 0.547. The predicted octanol–water partition coefficient (Wildman–Crippen LogP) is 4.22. The van der Waals surface area contributed by atoms with Gasteiger partial charge in [0.2, 0.25) is 17.7 Å². The van der Waals surface area contributed by atoms with Crippen molar-refractivity contribution in [1.82, 2.24) is 0 Å². The zero-order valence-corrected chi connectivity index (χ0v) is 16.3. The summed E-state index contributed by atoms with van der Waals surface area (Å²) in [6.07, 6.45) is 0.746. The number of halogens is 1. The van der Waals surface area contributed by atoms with Crippen molar-refractivity contribution in [3.63, 3.8) is 0 Å². The smallest absolute Gasteiger partial charge is 0.234 e. The Morgan fingerprint density at radius 2 is 1.69 bits per heavy atom. The summed E-state index contributed by atoms with van der Waals surface area (Å²) in [6, 6.07) is 14.7. The molecule has 7 heteroatoms. The summed E-state index contributed by atoms with van der Waals surface area (Å²) >= 11 is 5.07. The van der Waals surface area contributed by atoms with Gasteiger partial charge in [-0.1, -0.05) is 24.3 Å². The van der Waals surface area contributed by atoms with Gasteiger partial charge in [-0.3, -0.25) is 14.4 Å². The van der Waals surface area contributed by atoms with E-state index in [1.54, 1.807) is 36.0 Å². The Labute approximate surface area is 164 Å². The standard InChI is InChI=1S/C19H17BrN2O3S/c20-13-5-1-4-8-16(13)26-12-11-17(23)21-14-6-2-3-7-15(14)22-18(24)9-10-19(22)25/h1-8H,9-12H2,(H,21,23). The molecule has 26 heavy (non-hydrogen) atoms. The molecule has 3 amide bonds. The Hall–Kier alpha value is -2.12. The number of carbonyl (C=O) groups is 3. The van der Waals surface area contributed by atoms with Crippen molar-refractivity contribution in [2.75, 3.05) is 16.0 Å². The molecule has 0 radical (unpaired) electrons. The van der Waals surface area contributed by atoms with Crippen LogP contribution in [0.4, 0.5) is 11.4 Å². The van der Waals surface area contributed by atoms with Crippen LogP contribution in [-0.4, -0.2) is 23.5 Å². The summed E-state index contributed by atoms with van der Waals surface area (Å²) in [5.41, 5.74) is 0.916. The number of nitrogens with one attached hydrogen (secondary N) is 1. The highest BCUT2D eigenvalue weighted by molar-refractivity contribution is 9.10. The van der Waals surface area contributed by atoms with E-state index >= 15 is 0 Å². The number of thioether (sulfide) groups is 1. The highest BCUT2D eigenvalue weighted by Gasteiger charge is 2.31. The third kappa shape index (κ3) is 4.34. The fraction of sp³-hybridized carbons (Fsp3) is 0.211. The van der Waals surface area contributed by atoms with Crippen LogP contribution in [0.3, 0.4) is 0 Å². The summed E-state index contributed by atoms with van der Waals surface area (Å²) in [6.45, 7) is 0. The van der Waals surface area contributed by atoms with Crippen molar-refractivity contribution in [3.05, 3.63) is 53.0 Å². The molecule has 2 aromatic carbocycles. The number of hydrogen-bond donors (Lipinski definition) is 1. The maximum Gasteiger partial charge on any atom is 0.234 e. The zero-order valence-electron chi connectivity index (χ0n) is 13.9. The Morgan fingerprint density at radius 3 is 2.42 bits per heavy atom. The first-order valence-corrected chi connectivity index (χ1v) is 9.96. The largest absolute Gasteiger partial charge is 0.324 e. The summed E-state index contributed by atoms with van der Waals surface area (Å²) in [5, 5.41) is 2.82. The Bertz CT molecular complexity index is 840. The van der Waals surface area contributed by atoms with Gasteiger partial charge in [0.25, 0.3) is 0 Å². The Balaban J connectivity index is 1.62. The molecule has 1 aliphatic heterocycles. The molecule has 0 atom stereocenters. The van der Waals surface area contributed by atoms with Crippen molar-refractivity contribution in [3.8, 4) is 0 Å². The Morgan fingerprint density at radius 1 is 1.04 bits per heavy atom. The van der Waals surface area contributed by atoms with Gasteiger partial charge in [-0.25, -0.2) is 4.90 Å². The second-order valence-electron chi connectivity index (χ2n) is 5.72. The van der Waals surface area contributed by atoms with Crippen LogP contribution in [0.25, 0.3) is 0 Å². The molecule has 1 N–H and O–H groups in total. The van der Waals surface area contributed by atoms with Crippen LogP contribution in [0.2, 0.25) is 0 Å². The number of benzene rings is 2. The maximum atomic E-state index is 12.3. The van der Waals surface area contributed by atoms with Gasteiger partial charge < -0.3 is 5.32 Å². The SMILES string of the molecule is O=C(CCSc1ccccc1Br)Nc1ccccc1N1C(=O)CCC1=O. The highest BCUT2D eigenvalue weighted by Crippen LogP contribution is 2.31. The van der Waals surface area contributed by atoms with E-state index in [1.165, 1.54) is 0 Å². The molecular weight excluding hydrogens is 416 g/mol. The average Bonchev–Trinajstić information content (AvgIpc) is 2.96. The topological polar surface area (TPSA) is 66.5 Å². The molecule has 0 unspecified atom stereocenters. The van der Waals surface area contributed by atoms with E-state index in [0.717, 1.165) is 14.3 Å². The molecular formula is C19H17BrN2O3S. The minimum Gasteiger partial charge on any atom is -0.324 e. The first kappa shape index (κ1) is 18.7. The summed E-state index contributed by atoms with van der Waals surface area (Å²) in [7, 11) is 0. The molecule has 1 fully saturated rings. The van der Waals surface area contributed by atoms with E-state index in [2.05, 4.69) is 21.2 Å². The van der Waals surface area contributed by atoms with Crippen LogP contribution < -0.4 is 10.2 Å². The van der Waals surface area contributed by atoms with Gasteiger partial charge in [-0.15, -0.1) is 11.8 Å². The number of para-hydroxylation sites is 2. The van der Waals surface area contributed by atoms with Gasteiger partial charge >= 0.3 is 0 Å². The minimum atomic E-state index is -0.235. The van der Waals surface area contributed by atoms with Gasteiger partial charge in [0, 0.05) is 34.4 Å². The first-order valence-electron chi connectivity index (χ1n) is 8.18. The van der Waals surface area contributed by atoms with E-state index in [-0.39, 0.29) is 30.6 Å². The first-order chi connectivity index (χ1) is 12.6. The van der Waals surface area contributed by atoms with Crippen LogP contribution in [-0.2, 0) is 14.4 Å². The van der Waals surface area contributed by atoms with Gasteiger partial charge in [0.1, 0.15) is 0 Å². The molecule has 134 valence electrons. The van der Waals surface area contributed by atoms with Crippen molar-refractivity contribution in [2.24, 2.45) is 0 Å². The monoisotopic (exact) mass is 432 g/mol. The number of amides is 3. The number of carbonyl (C=O) groups excluding carboxylic acids is 3. The lowest BCUT2D eigenvalue weighted by Crippen LogP contribution is -2.29. The highest BCUT2D eigenvalue weighted by atomic mass is 79.9. The number of nitrogens with zero attached hydrogens (tertiary/aromatic N) is 1. The molecule has 2 aromatic rings. The summed E-state index contributed by atoms with van der Waals surface area (Å²) in [5.74, 6) is -0.00322. The molecule has 0 spiro atoms. The molecule has 1 aliphatic rings. The second-order valence-corrected chi connectivity index (χ2v) is 7.71. The van der Waals surface area contributed by atoms with Crippen LogP contribution in [0.1, 0.15) is 19.3 Å². The molecule has 0 aliphatic carbocycles. The normalized spacial score (nSPS) is 14.0. The van der Waals surface area contributed by atoms with Crippen LogP contribution in [0, 0.1) is 0 Å². The lowest BCUT2D eigenvalue weighted by atomic mass is 10.2. The summed E-state index contributed by atoms with van der Waals surface area (Å²) < 4.78 is 1.00. The molecule has 3 rings (SSSR count). The van der Waals surface area contributed by atoms with Crippen LogP contribution >= 0.6 is 27.7 Å². The second kappa shape index (κ2) is 8.51. The third-order valence-electron chi connectivity index (χ3n) is 3.89. The fourth-order valence-corrected chi connectivity index (χ4v) is 4.16. The van der Waals surface area contributed by atoms with Crippen molar-refractivity contribution < 1.29 is 14.4 Å². The number of imide groups is 1. The third-order valence-corrected chi connectivity index (χ3v) is 5.92. The van der Waals surface area contributed by atoms with Gasteiger partial charge in [0.15, 0.2) is 0 Å². The van der Waals surface area contributed by atoms with Crippen molar-refractivity contribution >= 4 is 56.8 Å². The molecule has 1 saturated heterocycles. The van der Waals surface area contributed by atoms with E-state index in [0.29, 0.717) is 23.5 Å². The Kier molecular flexibility index (Phi) is 6.11. The van der Waals surface area contributed by atoms with E-state index in [9.17, 15) is 14.4 Å². The predicted molar refractivity (Wildman–Crippen MR) is 106 cm³/mol.